The monoisotopic (exact) mass is 190 g/mol. The summed E-state index contributed by atoms with van der Waals surface area (Å²) in [7, 11) is 0. The average Bonchev–Trinajstić information content (AvgIpc) is 2.14. The van der Waals surface area contributed by atoms with E-state index >= 15 is 0 Å². The molecular weight excluding hydrogens is 166 g/mol. The SMILES string of the molecule is CCCOC[C@H](O)C[NH+](CC)CC. The van der Waals surface area contributed by atoms with Gasteiger partial charge in [-0.1, -0.05) is 6.92 Å². The van der Waals surface area contributed by atoms with E-state index in [1.54, 1.807) is 0 Å². The molecule has 0 saturated carbocycles. The fourth-order valence-corrected chi connectivity index (χ4v) is 1.29. The highest BCUT2D eigenvalue weighted by molar-refractivity contribution is 4.49. The smallest absolute Gasteiger partial charge is 0.126 e. The molecule has 0 aromatic heterocycles. The highest BCUT2D eigenvalue weighted by Gasteiger charge is 2.11. The van der Waals surface area contributed by atoms with Crippen LogP contribution in [0.5, 0.6) is 0 Å². The number of aliphatic hydroxyl groups excluding tert-OH is 1. The van der Waals surface area contributed by atoms with Crippen molar-refractivity contribution in [2.45, 2.75) is 33.3 Å². The Kier molecular flexibility index (Phi) is 8.40. The van der Waals surface area contributed by atoms with Crippen LogP contribution >= 0.6 is 0 Å². The summed E-state index contributed by atoms with van der Waals surface area (Å²) in [5.74, 6) is 0. The molecule has 0 spiro atoms. The molecule has 0 aliphatic heterocycles. The van der Waals surface area contributed by atoms with Crippen molar-refractivity contribution in [2.24, 2.45) is 0 Å². The lowest BCUT2D eigenvalue weighted by Crippen LogP contribution is -3.12. The third-order valence-electron chi connectivity index (χ3n) is 2.18. The van der Waals surface area contributed by atoms with Gasteiger partial charge in [-0.2, -0.15) is 0 Å². The molecule has 80 valence electrons. The van der Waals surface area contributed by atoms with E-state index in [9.17, 15) is 5.11 Å². The van der Waals surface area contributed by atoms with Gasteiger partial charge in [0.2, 0.25) is 0 Å². The molecule has 0 aromatic carbocycles. The van der Waals surface area contributed by atoms with Gasteiger partial charge in [-0.3, -0.25) is 0 Å². The van der Waals surface area contributed by atoms with Crippen LogP contribution in [0.2, 0.25) is 0 Å². The number of hydrogen-bond acceptors (Lipinski definition) is 2. The number of hydrogen-bond donors (Lipinski definition) is 2. The largest absolute Gasteiger partial charge is 0.385 e. The molecular formula is C10H24NO2+. The zero-order valence-corrected chi connectivity index (χ0v) is 9.18. The number of rotatable bonds is 8. The Hall–Kier alpha value is -0.120. The predicted molar refractivity (Wildman–Crippen MR) is 54.0 cm³/mol. The van der Waals surface area contributed by atoms with E-state index in [0.717, 1.165) is 32.7 Å². The fourth-order valence-electron chi connectivity index (χ4n) is 1.29. The predicted octanol–water partition coefficient (Wildman–Crippen LogP) is -0.301. The van der Waals surface area contributed by atoms with Crippen LogP contribution in [0.25, 0.3) is 0 Å². The molecule has 3 heteroatoms. The van der Waals surface area contributed by atoms with E-state index in [-0.39, 0.29) is 6.10 Å². The van der Waals surface area contributed by atoms with Crippen LogP contribution in [0.1, 0.15) is 27.2 Å². The molecule has 1 atom stereocenters. The molecule has 0 rings (SSSR count). The second kappa shape index (κ2) is 8.48. The van der Waals surface area contributed by atoms with Crippen molar-refractivity contribution >= 4 is 0 Å². The van der Waals surface area contributed by atoms with Gasteiger partial charge in [-0.05, 0) is 20.3 Å². The average molecular weight is 190 g/mol. The quantitative estimate of drug-likeness (QED) is 0.515. The minimum absolute atomic E-state index is 0.304. The molecule has 0 radical (unpaired) electrons. The zero-order chi connectivity index (χ0) is 10.1. The molecule has 0 aliphatic rings. The third kappa shape index (κ3) is 6.99. The first-order valence-corrected chi connectivity index (χ1v) is 5.33. The van der Waals surface area contributed by atoms with Gasteiger partial charge in [0.25, 0.3) is 0 Å². The summed E-state index contributed by atoms with van der Waals surface area (Å²) in [5.41, 5.74) is 0. The topological polar surface area (TPSA) is 33.9 Å². The normalized spacial score (nSPS) is 13.6. The molecule has 13 heavy (non-hydrogen) atoms. The van der Waals surface area contributed by atoms with Gasteiger partial charge >= 0.3 is 0 Å². The Bertz CT molecular complexity index is 105. The van der Waals surface area contributed by atoms with Crippen LogP contribution in [0, 0.1) is 0 Å². The maximum absolute atomic E-state index is 9.56. The van der Waals surface area contributed by atoms with E-state index < -0.39 is 0 Å². The summed E-state index contributed by atoms with van der Waals surface area (Å²) in [6.07, 6.45) is 0.714. The van der Waals surface area contributed by atoms with Crippen molar-refractivity contribution in [1.29, 1.82) is 0 Å². The van der Waals surface area contributed by atoms with Crippen LogP contribution in [-0.4, -0.2) is 44.1 Å². The zero-order valence-electron chi connectivity index (χ0n) is 9.18. The number of aliphatic hydroxyl groups is 1. The number of quaternary nitrogens is 1. The van der Waals surface area contributed by atoms with Gasteiger partial charge < -0.3 is 14.7 Å². The Morgan fingerprint density at radius 3 is 2.31 bits per heavy atom. The van der Waals surface area contributed by atoms with Gasteiger partial charge in [-0.15, -0.1) is 0 Å². The van der Waals surface area contributed by atoms with Gasteiger partial charge in [0, 0.05) is 6.61 Å². The van der Waals surface area contributed by atoms with Crippen molar-refractivity contribution in [3.63, 3.8) is 0 Å². The summed E-state index contributed by atoms with van der Waals surface area (Å²) in [6.45, 7) is 10.5. The first-order valence-electron chi connectivity index (χ1n) is 5.33. The molecule has 3 nitrogen and oxygen atoms in total. The molecule has 0 fully saturated rings. The van der Waals surface area contributed by atoms with E-state index in [2.05, 4.69) is 20.8 Å². The maximum Gasteiger partial charge on any atom is 0.126 e. The highest BCUT2D eigenvalue weighted by atomic mass is 16.5. The van der Waals surface area contributed by atoms with Crippen LogP contribution < -0.4 is 4.90 Å². The molecule has 2 N–H and O–H groups in total. The third-order valence-corrected chi connectivity index (χ3v) is 2.18. The number of nitrogens with one attached hydrogen (secondary N) is 1. The first-order chi connectivity index (χ1) is 6.24. The van der Waals surface area contributed by atoms with Gasteiger partial charge in [0.15, 0.2) is 0 Å². The Balaban J connectivity index is 3.42. The summed E-state index contributed by atoms with van der Waals surface area (Å²) in [5, 5.41) is 9.56. The minimum atomic E-state index is -0.304. The second-order valence-corrected chi connectivity index (χ2v) is 3.39. The standard InChI is InChI=1S/C10H23NO2/c1-4-7-13-9-10(12)8-11(5-2)6-3/h10,12H,4-9H2,1-3H3/p+1/t10-/m1/s1. The molecule has 0 unspecified atom stereocenters. The van der Waals surface area contributed by atoms with Crippen molar-refractivity contribution in [3.8, 4) is 0 Å². The molecule has 0 saturated heterocycles. The van der Waals surface area contributed by atoms with Gasteiger partial charge in [0.05, 0.1) is 19.7 Å². The van der Waals surface area contributed by atoms with Crippen LogP contribution in [0.15, 0.2) is 0 Å². The number of likely N-dealkylation sites (N-methyl/N-ethyl adjacent to an activating group) is 1. The van der Waals surface area contributed by atoms with Gasteiger partial charge in [0.1, 0.15) is 12.6 Å². The Morgan fingerprint density at radius 1 is 1.23 bits per heavy atom. The molecule has 0 aliphatic carbocycles. The molecule has 0 heterocycles. The Morgan fingerprint density at radius 2 is 1.85 bits per heavy atom. The lowest BCUT2D eigenvalue weighted by Gasteiger charge is -2.19. The summed E-state index contributed by atoms with van der Waals surface area (Å²) >= 11 is 0. The van der Waals surface area contributed by atoms with Crippen molar-refractivity contribution in [3.05, 3.63) is 0 Å². The Labute approximate surface area is 81.7 Å². The highest BCUT2D eigenvalue weighted by Crippen LogP contribution is 1.84. The molecule has 0 bridgehead atoms. The first kappa shape index (κ1) is 12.9. The maximum atomic E-state index is 9.56. The van der Waals surface area contributed by atoms with E-state index in [0.29, 0.717) is 6.61 Å². The summed E-state index contributed by atoms with van der Waals surface area (Å²) in [6, 6.07) is 0. The van der Waals surface area contributed by atoms with Crippen LogP contribution in [-0.2, 0) is 4.74 Å². The minimum Gasteiger partial charge on any atom is -0.385 e. The van der Waals surface area contributed by atoms with E-state index in [4.69, 9.17) is 4.74 Å². The van der Waals surface area contributed by atoms with Gasteiger partial charge in [-0.25, -0.2) is 0 Å². The van der Waals surface area contributed by atoms with E-state index in [1.165, 1.54) is 4.90 Å². The van der Waals surface area contributed by atoms with Crippen molar-refractivity contribution < 1.29 is 14.7 Å². The lowest BCUT2D eigenvalue weighted by molar-refractivity contribution is -0.899. The van der Waals surface area contributed by atoms with Crippen molar-refractivity contribution in [1.82, 2.24) is 0 Å². The summed E-state index contributed by atoms with van der Waals surface area (Å²) in [4.78, 5) is 1.42. The molecule has 0 amide bonds. The second-order valence-electron chi connectivity index (χ2n) is 3.39. The van der Waals surface area contributed by atoms with E-state index in [1.807, 2.05) is 0 Å². The lowest BCUT2D eigenvalue weighted by atomic mass is 10.3. The number of ether oxygens (including phenoxy) is 1. The van der Waals surface area contributed by atoms with Crippen molar-refractivity contribution in [2.75, 3.05) is 32.8 Å². The van der Waals surface area contributed by atoms with Crippen LogP contribution in [0.4, 0.5) is 0 Å². The summed E-state index contributed by atoms with van der Waals surface area (Å²) < 4.78 is 5.27. The van der Waals surface area contributed by atoms with Crippen LogP contribution in [0.3, 0.4) is 0 Å². The fraction of sp³-hybridized carbons (Fsp3) is 1.00. The molecule has 0 aromatic rings.